The lowest BCUT2D eigenvalue weighted by Gasteiger charge is -2.31. The zero-order chi connectivity index (χ0) is 19.3. The monoisotopic (exact) mass is 386 g/mol. The van der Waals surface area contributed by atoms with E-state index in [0.29, 0.717) is 32.6 Å². The summed E-state index contributed by atoms with van der Waals surface area (Å²) in [7, 11) is 0. The van der Waals surface area contributed by atoms with Crippen LogP contribution in [0.5, 0.6) is 0 Å². The molecule has 0 aromatic carbocycles. The van der Waals surface area contributed by atoms with E-state index < -0.39 is 24.2 Å². The van der Waals surface area contributed by atoms with E-state index in [9.17, 15) is 18.0 Å². The fourth-order valence-corrected chi connectivity index (χ4v) is 3.57. The summed E-state index contributed by atoms with van der Waals surface area (Å²) >= 11 is 0. The van der Waals surface area contributed by atoms with Gasteiger partial charge in [0.05, 0.1) is 19.1 Å². The number of rotatable bonds is 4. The summed E-state index contributed by atoms with van der Waals surface area (Å²) in [6, 6.07) is 2.84. The largest absolute Gasteiger partial charge is 0.391 e. The van der Waals surface area contributed by atoms with Gasteiger partial charge in [0.1, 0.15) is 5.82 Å². The first-order valence-corrected chi connectivity index (χ1v) is 9.30. The minimum absolute atomic E-state index is 0.0483. The third-order valence-corrected chi connectivity index (χ3v) is 5.07. The molecule has 2 amide bonds. The van der Waals surface area contributed by atoms with Crippen molar-refractivity contribution in [3.05, 3.63) is 23.9 Å². The van der Waals surface area contributed by atoms with Crippen LogP contribution in [-0.2, 0) is 11.3 Å². The van der Waals surface area contributed by atoms with Crippen LogP contribution in [0.25, 0.3) is 0 Å². The number of halogens is 3. The number of pyridine rings is 1. The van der Waals surface area contributed by atoms with E-state index in [4.69, 9.17) is 4.74 Å². The molecule has 1 aliphatic heterocycles. The highest BCUT2D eigenvalue weighted by molar-refractivity contribution is 5.74. The number of anilines is 1. The Kier molecular flexibility index (Phi) is 6.41. The molecule has 1 aromatic heterocycles. The van der Waals surface area contributed by atoms with Crippen LogP contribution in [0.3, 0.4) is 0 Å². The van der Waals surface area contributed by atoms with Gasteiger partial charge in [0.15, 0.2) is 0 Å². The van der Waals surface area contributed by atoms with Crippen molar-refractivity contribution in [2.75, 3.05) is 31.2 Å². The van der Waals surface area contributed by atoms with E-state index >= 15 is 0 Å². The van der Waals surface area contributed by atoms with Crippen LogP contribution in [0.1, 0.15) is 31.2 Å². The number of carbonyl (C=O) groups excluding carboxylic acids is 1. The Labute approximate surface area is 156 Å². The Hall–Kier alpha value is -2.03. The fourth-order valence-electron chi connectivity index (χ4n) is 3.57. The van der Waals surface area contributed by atoms with Gasteiger partial charge in [-0.25, -0.2) is 9.78 Å². The molecule has 0 bridgehead atoms. The number of alkyl halides is 3. The average molecular weight is 386 g/mol. The van der Waals surface area contributed by atoms with Crippen molar-refractivity contribution in [1.29, 1.82) is 0 Å². The van der Waals surface area contributed by atoms with Gasteiger partial charge in [-0.15, -0.1) is 0 Å². The van der Waals surface area contributed by atoms with Crippen molar-refractivity contribution in [2.24, 2.45) is 5.92 Å². The summed E-state index contributed by atoms with van der Waals surface area (Å²) < 4.78 is 43.9. The molecule has 1 aromatic rings. The quantitative estimate of drug-likeness (QED) is 0.835. The second-order valence-corrected chi connectivity index (χ2v) is 7.05. The van der Waals surface area contributed by atoms with Crippen LogP contribution in [0.15, 0.2) is 18.3 Å². The summed E-state index contributed by atoms with van der Waals surface area (Å²) in [5.41, 5.74) is 0.887. The van der Waals surface area contributed by atoms with Gasteiger partial charge in [0.2, 0.25) is 0 Å². The van der Waals surface area contributed by atoms with Gasteiger partial charge in [-0.05, 0) is 37.0 Å². The first kappa shape index (κ1) is 19.7. The molecule has 2 heterocycles. The number of urea groups is 1. The number of morpholine rings is 1. The summed E-state index contributed by atoms with van der Waals surface area (Å²) in [5, 5.41) is 5.40. The standard InChI is InChI=1S/C18H25F3N4O2/c19-18(20,21)14-2-1-3-15(11-14)24-17(26)23-12-13-4-5-22-16(10-13)25-6-8-27-9-7-25/h4-5,10,14-15H,1-3,6-9,11-12H2,(H2,23,24,26). The minimum atomic E-state index is -4.19. The molecule has 1 saturated heterocycles. The number of nitrogens with zero attached hydrogens (tertiary/aromatic N) is 2. The molecule has 2 fully saturated rings. The summed E-state index contributed by atoms with van der Waals surface area (Å²) in [6.07, 6.45) is -1.35. The Bertz CT molecular complexity index is 635. The number of amides is 2. The maximum Gasteiger partial charge on any atom is 0.391 e. The van der Waals surface area contributed by atoms with Gasteiger partial charge < -0.3 is 20.3 Å². The molecule has 27 heavy (non-hydrogen) atoms. The Balaban J connectivity index is 1.47. The fraction of sp³-hybridized carbons (Fsp3) is 0.667. The van der Waals surface area contributed by atoms with Gasteiger partial charge in [-0.3, -0.25) is 0 Å². The van der Waals surface area contributed by atoms with Gasteiger partial charge in [0.25, 0.3) is 0 Å². The topological polar surface area (TPSA) is 66.5 Å². The number of aromatic nitrogens is 1. The summed E-state index contributed by atoms with van der Waals surface area (Å²) in [5.74, 6) is -0.494. The molecule has 0 spiro atoms. The lowest BCUT2D eigenvalue weighted by molar-refractivity contribution is -0.183. The molecule has 2 aliphatic rings. The molecule has 9 heteroatoms. The van der Waals surface area contributed by atoms with Gasteiger partial charge in [-0.2, -0.15) is 13.2 Å². The third-order valence-electron chi connectivity index (χ3n) is 5.07. The summed E-state index contributed by atoms with van der Waals surface area (Å²) in [6.45, 7) is 3.15. The molecule has 6 nitrogen and oxygen atoms in total. The highest BCUT2D eigenvalue weighted by atomic mass is 19.4. The van der Waals surface area contributed by atoms with E-state index in [2.05, 4.69) is 20.5 Å². The molecule has 1 saturated carbocycles. The highest BCUT2D eigenvalue weighted by Crippen LogP contribution is 2.37. The molecular formula is C18H25F3N4O2. The molecule has 150 valence electrons. The smallest absolute Gasteiger partial charge is 0.378 e. The number of hydrogen-bond acceptors (Lipinski definition) is 4. The van der Waals surface area contributed by atoms with Crippen LogP contribution < -0.4 is 15.5 Å². The van der Waals surface area contributed by atoms with Crippen molar-refractivity contribution in [2.45, 2.75) is 44.4 Å². The highest BCUT2D eigenvalue weighted by Gasteiger charge is 2.42. The maximum atomic E-state index is 12.9. The van der Waals surface area contributed by atoms with Crippen LogP contribution in [-0.4, -0.2) is 49.5 Å². The second-order valence-electron chi connectivity index (χ2n) is 7.05. The molecule has 2 unspecified atom stereocenters. The average Bonchev–Trinajstić information content (AvgIpc) is 2.67. The Morgan fingerprint density at radius 3 is 2.81 bits per heavy atom. The van der Waals surface area contributed by atoms with E-state index in [1.165, 1.54) is 0 Å². The molecule has 3 rings (SSSR count). The number of nitrogens with one attached hydrogen (secondary N) is 2. The van der Waals surface area contributed by atoms with Gasteiger partial charge in [0, 0.05) is 31.9 Å². The van der Waals surface area contributed by atoms with E-state index in [-0.39, 0.29) is 12.8 Å². The van der Waals surface area contributed by atoms with Gasteiger partial charge in [-0.1, -0.05) is 6.42 Å². The van der Waals surface area contributed by atoms with Crippen LogP contribution >= 0.6 is 0 Å². The van der Waals surface area contributed by atoms with E-state index in [0.717, 1.165) is 24.5 Å². The molecule has 2 N–H and O–H groups in total. The number of hydrogen-bond donors (Lipinski definition) is 2. The van der Waals surface area contributed by atoms with Gasteiger partial charge >= 0.3 is 12.2 Å². The predicted molar refractivity (Wildman–Crippen MR) is 94.4 cm³/mol. The van der Waals surface area contributed by atoms with Crippen LogP contribution in [0.2, 0.25) is 0 Å². The molecule has 1 aliphatic carbocycles. The number of ether oxygens (including phenoxy) is 1. The first-order valence-electron chi connectivity index (χ1n) is 9.30. The van der Waals surface area contributed by atoms with Crippen molar-refractivity contribution >= 4 is 11.8 Å². The summed E-state index contributed by atoms with van der Waals surface area (Å²) in [4.78, 5) is 18.5. The van der Waals surface area contributed by atoms with E-state index in [1.54, 1.807) is 6.20 Å². The van der Waals surface area contributed by atoms with Crippen molar-refractivity contribution in [1.82, 2.24) is 15.6 Å². The zero-order valence-electron chi connectivity index (χ0n) is 15.1. The first-order chi connectivity index (χ1) is 12.9. The van der Waals surface area contributed by atoms with Crippen molar-refractivity contribution in [3.8, 4) is 0 Å². The van der Waals surface area contributed by atoms with Crippen LogP contribution in [0.4, 0.5) is 23.8 Å². The molecular weight excluding hydrogens is 361 g/mol. The predicted octanol–water partition coefficient (Wildman–Crippen LogP) is 2.84. The van der Waals surface area contributed by atoms with Crippen LogP contribution in [0, 0.1) is 5.92 Å². The Morgan fingerprint density at radius 2 is 2.07 bits per heavy atom. The van der Waals surface area contributed by atoms with Crippen molar-refractivity contribution in [3.63, 3.8) is 0 Å². The normalized spacial score (nSPS) is 23.7. The number of carbonyl (C=O) groups is 1. The lowest BCUT2D eigenvalue weighted by Crippen LogP contribution is -2.45. The molecule has 0 radical (unpaired) electrons. The SMILES string of the molecule is O=C(NCc1ccnc(N2CCOCC2)c1)NC1CCCC(C(F)(F)F)C1. The van der Waals surface area contributed by atoms with E-state index in [1.807, 2.05) is 12.1 Å². The second kappa shape index (κ2) is 8.77. The minimum Gasteiger partial charge on any atom is -0.378 e. The van der Waals surface area contributed by atoms with Crippen molar-refractivity contribution < 1.29 is 22.7 Å². The zero-order valence-corrected chi connectivity index (χ0v) is 15.1. The third kappa shape index (κ3) is 5.72. The Morgan fingerprint density at radius 1 is 1.30 bits per heavy atom. The maximum absolute atomic E-state index is 12.9. The molecule has 2 atom stereocenters. The lowest BCUT2D eigenvalue weighted by atomic mass is 9.85.